The number of ether oxygens (including phenoxy) is 2. The molecule has 0 saturated carbocycles. The van der Waals surface area contributed by atoms with E-state index in [0.29, 0.717) is 41.5 Å². The molecule has 1 aromatic carbocycles. The first kappa shape index (κ1) is 29.9. The van der Waals surface area contributed by atoms with E-state index in [9.17, 15) is 13.2 Å². The van der Waals surface area contributed by atoms with Gasteiger partial charge >= 0.3 is 6.18 Å². The maximum Gasteiger partial charge on any atom is 0.408 e. The van der Waals surface area contributed by atoms with E-state index < -0.39 is 12.2 Å². The lowest BCUT2D eigenvalue weighted by Crippen LogP contribution is -2.38. The van der Waals surface area contributed by atoms with E-state index in [1.807, 2.05) is 31.2 Å². The Kier molecular flexibility index (Phi) is 9.43. The number of pyridine rings is 2. The third-order valence-electron chi connectivity index (χ3n) is 6.31. The summed E-state index contributed by atoms with van der Waals surface area (Å²) < 4.78 is 55.2. The lowest BCUT2D eigenvalue weighted by molar-refractivity contribution is -0.183. The fourth-order valence-electron chi connectivity index (χ4n) is 4.73. The summed E-state index contributed by atoms with van der Waals surface area (Å²) in [7, 11) is 1.60. The highest BCUT2D eigenvalue weighted by Crippen LogP contribution is 2.39. The molecule has 1 saturated heterocycles. The monoisotopic (exact) mass is 572 g/mol. The number of fused-ring (bicyclic) bond motifs is 2. The van der Waals surface area contributed by atoms with Crippen LogP contribution < -0.4 is 10.5 Å². The van der Waals surface area contributed by atoms with Crippen molar-refractivity contribution in [3.8, 4) is 17.3 Å². The molecule has 4 aromatic rings. The molecule has 0 bridgehead atoms. The quantitative estimate of drug-likeness (QED) is 0.339. The molecule has 206 valence electrons. The summed E-state index contributed by atoms with van der Waals surface area (Å²) in [4.78, 5) is 6.14. The Balaban J connectivity index is 0.00000200. The van der Waals surface area contributed by atoms with Gasteiger partial charge in [-0.3, -0.25) is 9.30 Å². The highest BCUT2D eigenvalue weighted by atomic mass is 35.5. The summed E-state index contributed by atoms with van der Waals surface area (Å²) >= 11 is 0. The van der Waals surface area contributed by atoms with Gasteiger partial charge in [0.15, 0.2) is 11.5 Å². The Hall–Kier alpha value is -2.70. The van der Waals surface area contributed by atoms with Crippen molar-refractivity contribution in [2.75, 3.05) is 26.8 Å². The van der Waals surface area contributed by atoms with Crippen LogP contribution in [0.1, 0.15) is 24.9 Å². The van der Waals surface area contributed by atoms with Crippen molar-refractivity contribution in [1.82, 2.24) is 24.5 Å². The summed E-state index contributed by atoms with van der Waals surface area (Å²) in [5, 5.41) is 9.25. The van der Waals surface area contributed by atoms with Gasteiger partial charge in [-0.1, -0.05) is 24.3 Å². The fraction of sp³-hybridized carbons (Fsp3) is 0.400. The van der Waals surface area contributed by atoms with Gasteiger partial charge in [-0.2, -0.15) is 13.2 Å². The number of hydrogen-bond donors (Lipinski definition) is 1. The molecule has 1 aliphatic heterocycles. The molecule has 38 heavy (non-hydrogen) atoms. The Morgan fingerprint density at radius 2 is 1.89 bits per heavy atom. The van der Waals surface area contributed by atoms with Gasteiger partial charge in [0.05, 0.1) is 6.61 Å². The lowest BCUT2D eigenvalue weighted by Gasteiger charge is -2.30. The van der Waals surface area contributed by atoms with Crippen LogP contribution in [0.5, 0.6) is 5.75 Å². The first-order valence-corrected chi connectivity index (χ1v) is 11.7. The minimum absolute atomic E-state index is 0. The second-order valence-electron chi connectivity index (χ2n) is 9.11. The zero-order chi connectivity index (χ0) is 25.4. The van der Waals surface area contributed by atoms with E-state index in [2.05, 4.69) is 10.2 Å². The first-order valence-electron chi connectivity index (χ1n) is 11.7. The number of nitrogens with two attached hydrogens (primary N) is 1. The number of benzene rings is 1. The van der Waals surface area contributed by atoms with Gasteiger partial charge in [0.1, 0.15) is 29.1 Å². The zero-order valence-electron chi connectivity index (χ0n) is 20.8. The number of nitrogens with zero attached hydrogens (tertiary/aromatic N) is 5. The van der Waals surface area contributed by atoms with Gasteiger partial charge in [-0.15, -0.1) is 35.0 Å². The molecule has 13 heteroatoms. The van der Waals surface area contributed by atoms with E-state index in [-0.39, 0.29) is 55.6 Å². The second kappa shape index (κ2) is 12.0. The molecule has 3 atom stereocenters. The molecule has 2 N–H and O–H groups in total. The number of likely N-dealkylation sites (tertiary alicyclic amines) is 1. The number of halogens is 5. The molecule has 8 nitrogen and oxygen atoms in total. The lowest BCUT2D eigenvalue weighted by atomic mass is 10.1. The van der Waals surface area contributed by atoms with Crippen LogP contribution in [0.25, 0.3) is 28.1 Å². The van der Waals surface area contributed by atoms with E-state index in [1.165, 1.54) is 17.2 Å². The van der Waals surface area contributed by atoms with Crippen LogP contribution in [0.3, 0.4) is 0 Å². The SMILES string of the molecule is COC[C@@H](C)Oc1cccc2ccc(-c3nnc4ccc([C@H](N5CCC(N)C5)C(F)(F)F)cn34)nc12.Cl.Cl. The maximum atomic E-state index is 14.2. The normalized spacial score (nSPS) is 17.7. The van der Waals surface area contributed by atoms with Crippen molar-refractivity contribution in [3.63, 3.8) is 0 Å². The van der Waals surface area contributed by atoms with Crippen LogP contribution in [0, 0.1) is 0 Å². The molecule has 1 aliphatic rings. The highest BCUT2D eigenvalue weighted by Gasteiger charge is 2.46. The summed E-state index contributed by atoms with van der Waals surface area (Å²) in [6.45, 7) is 2.78. The number of hydrogen-bond acceptors (Lipinski definition) is 7. The predicted octanol–water partition coefficient (Wildman–Crippen LogP) is 4.84. The van der Waals surface area contributed by atoms with Gasteiger partial charge < -0.3 is 15.2 Å². The van der Waals surface area contributed by atoms with Crippen LogP contribution in [0.2, 0.25) is 0 Å². The number of rotatable bonds is 7. The smallest absolute Gasteiger partial charge is 0.408 e. The van der Waals surface area contributed by atoms with E-state index in [4.69, 9.17) is 20.2 Å². The largest absolute Gasteiger partial charge is 0.486 e. The van der Waals surface area contributed by atoms with Crippen molar-refractivity contribution in [2.45, 2.75) is 37.7 Å². The van der Waals surface area contributed by atoms with Crippen LogP contribution in [0.4, 0.5) is 13.2 Å². The number of aromatic nitrogens is 4. The van der Waals surface area contributed by atoms with Crippen molar-refractivity contribution < 1.29 is 22.6 Å². The molecular formula is C25H29Cl2F3N6O2. The van der Waals surface area contributed by atoms with E-state index >= 15 is 0 Å². The minimum atomic E-state index is -4.46. The van der Waals surface area contributed by atoms with Crippen molar-refractivity contribution >= 4 is 41.4 Å². The van der Waals surface area contributed by atoms with Gasteiger partial charge in [-0.25, -0.2) is 4.98 Å². The molecular weight excluding hydrogens is 544 g/mol. The minimum Gasteiger partial charge on any atom is -0.486 e. The number of alkyl halides is 3. The summed E-state index contributed by atoms with van der Waals surface area (Å²) in [6, 6.07) is 10.2. The Labute approximate surface area is 230 Å². The molecule has 3 aromatic heterocycles. The Morgan fingerprint density at radius 1 is 1.11 bits per heavy atom. The maximum absolute atomic E-state index is 14.2. The third-order valence-corrected chi connectivity index (χ3v) is 6.31. The average molecular weight is 573 g/mol. The summed E-state index contributed by atoms with van der Waals surface area (Å²) in [6.07, 6.45) is -2.68. The third kappa shape index (κ3) is 5.97. The first-order chi connectivity index (χ1) is 17.2. The molecule has 0 radical (unpaired) electrons. The molecule has 5 rings (SSSR count). The standard InChI is InChI=1S/C25H27F3N6O2.2ClH/c1-15(14-35-2)36-20-5-3-4-16-6-8-19(30-22(16)20)24-32-31-21-9-7-17(12-34(21)24)23(25(26,27)28)33-11-10-18(29)13-33;;/h3-9,12,15,18,23H,10-11,13-14,29H2,1-2H3;2*1H/t15-,18?,23+;;/m1../s1. The molecule has 4 heterocycles. The van der Waals surface area contributed by atoms with Crippen LogP contribution in [-0.2, 0) is 4.74 Å². The van der Waals surface area contributed by atoms with Crippen molar-refractivity contribution in [2.24, 2.45) is 5.73 Å². The van der Waals surface area contributed by atoms with E-state index in [0.717, 1.165) is 5.39 Å². The van der Waals surface area contributed by atoms with Crippen molar-refractivity contribution in [3.05, 3.63) is 54.2 Å². The van der Waals surface area contributed by atoms with Crippen LogP contribution in [-0.4, -0.2) is 69.6 Å². The number of methoxy groups -OCH3 is 1. The fourth-order valence-corrected chi connectivity index (χ4v) is 4.73. The highest BCUT2D eigenvalue weighted by molar-refractivity contribution is 5.86. The van der Waals surface area contributed by atoms with E-state index in [1.54, 1.807) is 23.6 Å². The molecule has 0 spiro atoms. The van der Waals surface area contributed by atoms with Crippen LogP contribution in [0.15, 0.2) is 48.7 Å². The molecule has 0 aliphatic carbocycles. The Bertz CT molecular complexity index is 1390. The Morgan fingerprint density at radius 3 is 2.58 bits per heavy atom. The topological polar surface area (TPSA) is 90.8 Å². The molecule has 1 fully saturated rings. The zero-order valence-corrected chi connectivity index (χ0v) is 22.4. The van der Waals surface area contributed by atoms with Gasteiger partial charge in [0, 0.05) is 37.8 Å². The molecule has 0 amide bonds. The van der Waals surface area contributed by atoms with Crippen molar-refractivity contribution in [1.29, 1.82) is 0 Å². The van der Waals surface area contributed by atoms with Gasteiger partial charge in [0.25, 0.3) is 0 Å². The molecule has 1 unspecified atom stereocenters. The summed E-state index contributed by atoms with van der Waals surface area (Å²) in [5.41, 5.74) is 7.51. The van der Waals surface area contributed by atoms with Crippen LogP contribution >= 0.6 is 24.8 Å². The predicted molar refractivity (Wildman–Crippen MR) is 143 cm³/mol. The average Bonchev–Trinajstić information content (AvgIpc) is 3.44. The van der Waals surface area contributed by atoms with Gasteiger partial charge in [-0.05, 0) is 37.1 Å². The second-order valence-corrected chi connectivity index (χ2v) is 9.11. The number of para-hydroxylation sites is 1. The van der Waals surface area contributed by atoms with Gasteiger partial charge in [0.2, 0.25) is 0 Å². The summed E-state index contributed by atoms with van der Waals surface area (Å²) in [5.74, 6) is 0.920.